The van der Waals surface area contributed by atoms with Crippen LogP contribution in [0.3, 0.4) is 0 Å². The average Bonchev–Trinajstić information content (AvgIpc) is 2.81. The van der Waals surface area contributed by atoms with Gasteiger partial charge in [0.15, 0.2) is 0 Å². The maximum Gasteiger partial charge on any atom is 0.324 e. The number of carbonyl (C=O) groups excluding carboxylic acids is 2. The summed E-state index contributed by atoms with van der Waals surface area (Å²) in [5.74, 6) is 0.249. The minimum atomic E-state index is -0.317. The van der Waals surface area contributed by atoms with Crippen molar-refractivity contribution in [2.45, 2.75) is 19.9 Å². The number of rotatable bonds is 6. The van der Waals surface area contributed by atoms with Gasteiger partial charge in [-0.1, -0.05) is 53.6 Å². The Bertz CT molecular complexity index is 1180. The highest BCUT2D eigenvalue weighted by Crippen LogP contribution is 2.34. The van der Waals surface area contributed by atoms with E-state index in [0.29, 0.717) is 47.3 Å². The second-order valence-corrected chi connectivity index (χ2v) is 8.43. The van der Waals surface area contributed by atoms with E-state index in [0.717, 1.165) is 17.5 Å². The molecule has 3 amide bonds. The Balaban J connectivity index is 1.57. The zero-order valence-corrected chi connectivity index (χ0v) is 19.4. The monoisotopic (exact) mass is 463 g/mol. The molecule has 0 unspecified atom stereocenters. The molecule has 0 aliphatic carbocycles. The van der Waals surface area contributed by atoms with Gasteiger partial charge in [0.25, 0.3) is 5.91 Å². The van der Waals surface area contributed by atoms with Gasteiger partial charge < -0.3 is 15.0 Å². The molecule has 1 heterocycles. The number of carbonyl (C=O) groups is 2. The molecular weight excluding hydrogens is 438 g/mol. The van der Waals surface area contributed by atoms with Crippen LogP contribution in [-0.2, 0) is 6.54 Å². The van der Waals surface area contributed by atoms with Crippen molar-refractivity contribution in [3.05, 3.63) is 88.4 Å². The van der Waals surface area contributed by atoms with Crippen LogP contribution >= 0.6 is 11.6 Å². The average molecular weight is 464 g/mol. The lowest BCUT2D eigenvalue weighted by Crippen LogP contribution is -2.49. The molecule has 1 fully saturated rings. The highest BCUT2D eigenvalue weighted by Gasteiger charge is 2.29. The highest BCUT2D eigenvalue weighted by atomic mass is 35.5. The van der Waals surface area contributed by atoms with Crippen LogP contribution in [0.25, 0.3) is 0 Å². The van der Waals surface area contributed by atoms with Crippen molar-refractivity contribution in [3.8, 4) is 5.75 Å². The molecule has 1 aliphatic rings. The predicted molar refractivity (Wildman–Crippen MR) is 131 cm³/mol. The second kappa shape index (κ2) is 9.96. The first-order chi connectivity index (χ1) is 16.0. The van der Waals surface area contributed by atoms with Crippen molar-refractivity contribution in [1.29, 1.82) is 0 Å². The number of ether oxygens (including phenoxy) is 1. The maximum absolute atomic E-state index is 13.4. The van der Waals surface area contributed by atoms with Crippen molar-refractivity contribution in [3.63, 3.8) is 0 Å². The smallest absolute Gasteiger partial charge is 0.324 e. The van der Waals surface area contributed by atoms with Crippen LogP contribution in [0.2, 0.25) is 5.02 Å². The lowest BCUT2D eigenvalue weighted by atomic mass is 10.1. The van der Waals surface area contributed by atoms with Gasteiger partial charge in [-0.05, 0) is 49.2 Å². The molecule has 1 saturated heterocycles. The summed E-state index contributed by atoms with van der Waals surface area (Å²) < 4.78 is 5.53. The Labute approximate surface area is 198 Å². The molecule has 0 spiro atoms. The van der Waals surface area contributed by atoms with Crippen LogP contribution in [0.5, 0.6) is 5.75 Å². The summed E-state index contributed by atoms with van der Waals surface area (Å²) in [5, 5.41) is 3.25. The van der Waals surface area contributed by atoms with Gasteiger partial charge in [-0.25, -0.2) is 4.79 Å². The summed E-state index contributed by atoms with van der Waals surface area (Å²) in [6.45, 7) is 3.85. The summed E-state index contributed by atoms with van der Waals surface area (Å²) in [7, 11) is 1.57. The molecule has 1 aliphatic heterocycles. The molecule has 0 bridgehead atoms. The predicted octanol–water partition coefficient (Wildman–Crippen LogP) is 5.74. The number of hydrogen-bond acceptors (Lipinski definition) is 3. The van der Waals surface area contributed by atoms with Crippen LogP contribution in [0.1, 0.15) is 27.9 Å². The van der Waals surface area contributed by atoms with Gasteiger partial charge in [0.1, 0.15) is 5.75 Å². The quantitative estimate of drug-likeness (QED) is 0.507. The minimum absolute atomic E-state index is 0.0874. The zero-order valence-electron chi connectivity index (χ0n) is 18.7. The molecule has 6 nitrogen and oxygen atoms in total. The van der Waals surface area contributed by atoms with Gasteiger partial charge >= 0.3 is 6.03 Å². The lowest BCUT2D eigenvalue weighted by Gasteiger charge is -2.36. The third kappa shape index (κ3) is 5.12. The van der Waals surface area contributed by atoms with Crippen LogP contribution < -0.4 is 15.0 Å². The van der Waals surface area contributed by atoms with Gasteiger partial charge in [-0.2, -0.15) is 0 Å². The Morgan fingerprint density at radius 3 is 2.64 bits per heavy atom. The van der Waals surface area contributed by atoms with Crippen LogP contribution in [0.4, 0.5) is 16.2 Å². The number of urea groups is 1. The number of hydrogen-bond donors (Lipinski definition) is 1. The SMILES string of the molecule is COc1ccc(NC(=O)c2ccccc2Cl)cc1N1CCCN(Cc2cccc(C)c2)C1=O. The molecule has 3 aromatic rings. The highest BCUT2D eigenvalue weighted by molar-refractivity contribution is 6.34. The Kier molecular flexibility index (Phi) is 6.84. The van der Waals surface area contributed by atoms with Crippen LogP contribution in [-0.4, -0.2) is 37.0 Å². The third-order valence-corrected chi connectivity index (χ3v) is 5.94. The number of halogens is 1. The Morgan fingerprint density at radius 1 is 1.06 bits per heavy atom. The molecule has 0 radical (unpaired) electrons. The molecule has 0 saturated carbocycles. The maximum atomic E-state index is 13.4. The van der Waals surface area contributed by atoms with E-state index in [1.54, 1.807) is 54.5 Å². The molecule has 7 heteroatoms. The topological polar surface area (TPSA) is 61.9 Å². The number of nitrogens with zero attached hydrogens (tertiary/aromatic N) is 2. The van der Waals surface area contributed by atoms with E-state index in [1.165, 1.54) is 0 Å². The van der Waals surface area contributed by atoms with Crippen molar-refractivity contribution in [1.82, 2.24) is 4.90 Å². The van der Waals surface area contributed by atoms with Crippen molar-refractivity contribution < 1.29 is 14.3 Å². The number of benzene rings is 3. The van der Waals surface area contributed by atoms with E-state index >= 15 is 0 Å². The largest absolute Gasteiger partial charge is 0.495 e. The molecule has 4 rings (SSSR count). The first kappa shape index (κ1) is 22.7. The normalized spacial score (nSPS) is 13.7. The fourth-order valence-corrected chi connectivity index (χ4v) is 4.23. The number of nitrogens with one attached hydrogen (secondary N) is 1. The molecule has 3 aromatic carbocycles. The van der Waals surface area contributed by atoms with E-state index in [9.17, 15) is 9.59 Å². The van der Waals surface area contributed by atoms with Crippen molar-refractivity contribution in [2.75, 3.05) is 30.4 Å². The van der Waals surface area contributed by atoms with Gasteiger partial charge in [0.2, 0.25) is 0 Å². The van der Waals surface area contributed by atoms with Crippen molar-refractivity contribution in [2.24, 2.45) is 0 Å². The zero-order chi connectivity index (χ0) is 23.4. The number of amides is 3. The van der Waals surface area contributed by atoms with E-state index in [-0.39, 0.29) is 11.9 Å². The molecule has 0 atom stereocenters. The Hall–Kier alpha value is -3.51. The second-order valence-electron chi connectivity index (χ2n) is 8.02. The fraction of sp³-hybridized carbons (Fsp3) is 0.231. The number of methoxy groups -OCH3 is 1. The van der Waals surface area contributed by atoms with Gasteiger partial charge in [0.05, 0.1) is 23.4 Å². The lowest BCUT2D eigenvalue weighted by molar-refractivity contribution is 0.102. The first-order valence-electron chi connectivity index (χ1n) is 10.8. The summed E-state index contributed by atoms with van der Waals surface area (Å²) >= 11 is 6.16. The van der Waals surface area contributed by atoms with Crippen LogP contribution in [0.15, 0.2) is 66.7 Å². The van der Waals surface area contributed by atoms with E-state index in [2.05, 4.69) is 11.4 Å². The first-order valence-corrected chi connectivity index (χ1v) is 11.2. The standard InChI is InChI=1S/C26H26ClN3O3/c1-18-7-5-8-19(15-18)17-29-13-6-14-30(26(29)32)23-16-20(11-12-24(23)33-2)28-25(31)21-9-3-4-10-22(21)27/h3-5,7-12,15-16H,6,13-14,17H2,1-2H3,(H,28,31). The van der Waals surface area contributed by atoms with Crippen LogP contribution in [0, 0.1) is 6.92 Å². The van der Waals surface area contributed by atoms with Gasteiger partial charge in [-0.3, -0.25) is 9.69 Å². The van der Waals surface area contributed by atoms with E-state index < -0.39 is 0 Å². The fourth-order valence-electron chi connectivity index (χ4n) is 4.01. The summed E-state index contributed by atoms with van der Waals surface area (Å²) in [6, 6.07) is 20.2. The molecular formula is C26H26ClN3O3. The van der Waals surface area contributed by atoms with Crippen molar-refractivity contribution >= 4 is 34.9 Å². The minimum Gasteiger partial charge on any atom is -0.495 e. The summed E-state index contributed by atoms with van der Waals surface area (Å²) in [6.07, 6.45) is 0.830. The van der Waals surface area contributed by atoms with Gasteiger partial charge in [0, 0.05) is 25.3 Å². The van der Waals surface area contributed by atoms with E-state index in [4.69, 9.17) is 16.3 Å². The molecule has 0 aromatic heterocycles. The molecule has 170 valence electrons. The number of aryl methyl sites for hydroxylation is 1. The summed E-state index contributed by atoms with van der Waals surface area (Å²) in [5.41, 5.74) is 3.82. The number of anilines is 2. The summed E-state index contributed by atoms with van der Waals surface area (Å²) in [4.78, 5) is 29.6. The molecule has 33 heavy (non-hydrogen) atoms. The third-order valence-electron chi connectivity index (χ3n) is 5.61. The van der Waals surface area contributed by atoms with E-state index in [1.807, 2.05) is 30.0 Å². The molecule has 1 N–H and O–H groups in total. The Morgan fingerprint density at radius 2 is 1.88 bits per heavy atom. The van der Waals surface area contributed by atoms with Gasteiger partial charge in [-0.15, -0.1) is 0 Å².